The summed E-state index contributed by atoms with van der Waals surface area (Å²) in [7, 11) is 0. The van der Waals surface area contributed by atoms with Gasteiger partial charge in [0.15, 0.2) is 0 Å². The minimum absolute atomic E-state index is 0.0914. The molecule has 1 saturated heterocycles. The van der Waals surface area contributed by atoms with Gasteiger partial charge in [-0.05, 0) is 38.1 Å². The highest BCUT2D eigenvalue weighted by Crippen LogP contribution is 2.10. The molecule has 0 radical (unpaired) electrons. The summed E-state index contributed by atoms with van der Waals surface area (Å²) in [4.78, 5) is 10.3. The minimum Gasteiger partial charge on any atom is -0.481 e. The smallest absolute Gasteiger partial charge is 0.306 e. The number of piperidine rings is 1. The number of carboxylic acid groups (broad SMARTS) is 1. The number of benzene rings is 1. The molecule has 16 heavy (non-hydrogen) atoms. The van der Waals surface area contributed by atoms with E-state index in [1.807, 2.05) is 30.3 Å². The van der Waals surface area contributed by atoms with Crippen molar-refractivity contribution in [2.45, 2.75) is 12.8 Å². The van der Waals surface area contributed by atoms with Gasteiger partial charge < -0.3 is 10.4 Å². The maximum absolute atomic E-state index is 10.3. The maximum atomic E-state index is 10.3. The van der Waals surface area contributed by atoms with E-state index in [-0.39, 0.29) is 5.92 Å². The third-order valence-corrected chi connectivity index (χ3v) is 2.67. The SMILES string of the molecule is Clc1ccccc1.O=C(O)C1CCNCC1. The molecular formula is C12H16ClNO2. The maximum Gasteiger partial charge on any atom is 0.306 e. The fourth-order valence-electron chi connectivity index (χ4n) is 1.48. The molecule has 0 aliphatic carbocycles. The summed E-state index contributed by atoms with van der Waals surface area (Å²) in [5.41, 5.74) is 0. The summed E-state index contributed by atoms with van der Waals surface area (Å²) in [5, 5.41) is 12.4. The minimum atomic E-state index is -0.642. The molecule has 0 unspecified atom stereocenters. The molecule has 0 saturated carbocycles. The lowest BCUT2D eigenvalue weighted by atomic mass is 9.99. The quantitative estimate of drug-likeness (QED) is 0.794. The van der Waals surface area contributed by atoms with Crippen molar-refractivity contribution in [2.75, 3.05) is 13.1 Å². The van der Waals surface area contributed by atoms with Crippen molar-refractivity contribution in [1.82, 2.24) is 5.32 Å². The lowest BCUT2D eigenvalue weighted by Crippen LogP contribution is -2.31. The van der Waals surface area contributed by atoms with Gasteiger partial charge in [0, 0.05) is 5.02 Å². The van der Waals surface area contributed by atoms with Gasteiger partial charge in [-0.1, -0.05) is 29.8 Å². The molecule has 1 aliphatic rings. The number of hydrogen-bond acceptors (Lipinski definition) is 2. The molecule has 3 nitrogen and oxygen atoms in total. The summed E-state index contributed by atoms with van der Waals surface area (Å²) in [6, 6.07) is 9.44. The van der Waals surface area contributed by atoms with Crippen LogP contribution in [0.4, 0.5) is 0 Å². The first-order valence-electron chi connectivity index (χ1n) is 5.34. The number of hydrogen-bond donors (Lipinski definition) is 2. The third-order valence-electron chi connectivity index (χ3n) is 2.42. The van der Waals surface area contributed by atoms with Crippen molar-refractivity contribution >= 4 is 17.6 Å². The van der Waals surface area contributed by atoms with Crippen LogP contribution >= 0.6 is 11.6 Å². The highest BCUT2D eigenvalue weighted by molar-refractivity contribution is 6.30. The van der Waals surface area contributed by atoms with Gasteiger partial charge in [0.05, 0.1) is 5.92 Å². The van der Waals surface area contributed by atoms with Crippen molar-refractivity contribution in [3.05, 3.63) is 35.4 Å². The molecule has 1 aromatic rings. The standard InChI is InChI=1S/C6H5Cl.C6H11NO2/c7-6-4-2-1-3-5-6;8-6(9)5-1-3-7-4-2-5/h1-5H;5,7H,1-4H2,(H,8,9). The average Bonchev–Trinajstić information content (AvgIpc) is 2.32. The van der Waals surface area contributed by atoms with Crippen molar-refractivity contribution in [3.8, 4) is 0 Å². The van der Waals surface area contributed by atoms with E-state index in [0.29, 0.717) is 0 Å². The Labute approximate surface area is 100 Å². The summed E-state index contributed by atoms with van der Waals surface area (Å²) in [5.74, 6) is -0.734. The summed E-state index contributed by atoms with van der Waals surface area (Å²) in [6.07, 6.45) is 1.57. The fourth-order valence-corrected chi connectivity index (χ4v) is 1.63. The van der Waals surface area contributed by atoms with Crippen LogP contribution in [-0.2, 0) is 4.79 Å². The zero-order valence-corrected chi connectivity index (χ0v) is 9.78. The zero-order valence-electron chi connectivity index (χ0n) is 9.03. The van der Waals surface area contributed by atoms with Crippen LogP contribution in [0.25, 0.3) is 0 Å². The summed E-state index contributed by atoms with van der Waals surface area (Å²) < 4.78 is 0. The second-order valence-corrected chi connectivity index (χ2v) is 4.09. The van der Waals surface area contributed by atoms with Crippen molar-refractivity contribution in [1.29, 1.82) is 0 Å². The highest BCUT2D eigenvalue weighted by Gasteiger charge is 2.18. The topological polar surface area (TPSA) is 49.3 Å². The lowest BCUT2D eigenvalue weighted by molar-refractivity contribution is -0.142. The summed E-state index contributed by atoms with van der Waals surface area (Å²) >= 11 is 5.54. The van der Waals surface area contributed by atoms with Crippen molar-refractivity contribution in [3.63, 3.8) is 0 Å². The van der Waals surface area contributed by atoms with E-state index in [1.54, 1.807) is 0 Å². The molecule has 2 N–H and O–H groups in total. The third kappa shape index (κ3) is 5.14. The zero-order chi connectivity index (χ0) is 11.8. The van der Waals surface area contributed by atoms with Gasteiger partial charge in [0.1, 0.15) is 0 Å². The largest absolute Gasteiger partial charge is 0.481 e. The highest BCUT2D eigenvalue weighted by atomic mass is 35.5. The number of carbonyl (C=O) groups is 1. The molecule has 0 aromatic heterocycles. The molecule has 0 spiro atoms. The van der Waals surface area contributed by atoms with Crippen LogP contribution in [0.3, 0.4) is 0 Å². The Hall–Kier alpha value is -1.06. The predicted octanol–water partition coefficient (Wildman–Crippen LogP) is 2.41. The lowest BCUT2D eigenvalue weighted by Gasteiger charge is -2.17. The van der Waals surface area contributed by atoms with E-state index >= 15 is 0 Å². The van der Waals surface area contributed by atoms with Gasteiger partial charge in [-0.25, -0.2) is 0 Å². The van der Waals surface area contributed by atoms with E-state index < -0.39 is 5.97 Å². The van der Waals surface area contributed by atoms with Crippen molar-refractivity contribution in [2.24, 2.45) is 5.92 Å². The van der Waals surface area contributed by atoms with Gasteiger partial charge >= 0.3 is 5.97 Å². The normalized spacial score (nSPS) is 16.1. The Morgan fingerprint density at radius 2 is 1.81 bits per heavy atom. The van der Waals surface area contributed by atoms with E-state index in [0.717, 1.165) is 31.0 Å². The molecule has 1 aromatic carbocycles. The van der Waals surface area contributed by atoms with Gasteiger partial charge in [0.2, 0.25) is 0 Å². The number of rotatable bonds is 1. The first-order chi connectivity index (χ1) is 7.70. The molecule has 4 heteroatoms. The molecule has 0 amide bonds. The Bertz CT molecular complexity index is 310. The Morgan fingerprint density at radius 3 is 2.12 bits per heavy atom. The van der Waals surface area contributed by atoms with Gasteiger partial charge in [-0.2, -0.15) is 0 Å². The van der Waals surface area contributed by atoms with Crippen LogP contribution in [0, 0.1) is 5.92 Å². The van der Waals surface area contributed by atoms with Crippen LogP contribution in [0.1, 0.15) is 12.8 Å². The second-order valence-electron chi connectivity index (χ2n) is 3.66. The van der Waals surface area contributed by atoms with Crippen LogP contribution in [0.2, 0.25) is 5.02 Å². The van der Waals surface area contributed by atoms with Crippen LogP contribution < -0.4 is 5.32 Å². The molecule has 0 atom stereocenters. The van der Waals surface area contributed by atoms with Gasteiger partial charge in [-0.3, -0.25) is 4.79 Å². The average molecular weight is 242 g/mol. The molecule has 1 aliphatic heterocycles. The first kappa shape index (κ1) is 13.0. The Kier molecular flexibility index (Phi) is 5.90. The van der Waals surface area contributed by atoms with Crippen molar-refractivity contribution < 1.29 is 9.90 Å². The molecule has 0 bridgehead atoms. The molecule has 2 rings (SSSR count). The number of halogens is 1. The number of nitrogens with one attached hydrogen (secondary N) is 1. The van der Waals surface area contributed by atoms with E-state index in [2.05, 4.69) is 5.32 Å². The summed E-state index contributed by atoms with van der Waals surface area (Å²) in [6.45, 7) is 1.72. The van der Waals surface area contributed by atoms with Crippen LogP contribution in [0.15, 0.2) is 30.3 Å². The van der Waals surface area contributed by atoms with Gasteiger partial charge in [0.25, 0.3) is 0 Å². The monoisotopic (exact) mass is 241 g/mol. The molecule has 88 valence electrons. The van der Waals surface area contributed by atoms with E-state index in [9.17, 15) is 4.79 Å². The fraction of sp³-hybridized carbons (Fsp3) is 0.417. The van der Waals surface area contributed by atoms with Crippen LogP contribution in [-0.4, -0.2) is 24.2 Å². The molecular weight excluding hydrogens is 226 g/mol. The predicted molar refractivity (Wildman–Crippen MR) is 64.7 cm³/mol. The van der Waals surface area contributed by atoms with E-state index in [1.165, 1.54) is 0 Å². The Balaban J connectivity index is 0.000000165. The molecule has 1 fully saturated rings. The van der Waals surface area contributed by atoms with Crippen LogP contribution in [0.5, 0.6) is 0 Å². The number of aliphatic carboxylic acids is 1. The Morgan fingerprint density at radius 1 is 1.25 bits per heavy atom. The van der Waals surface area contributed by atoms with Gasteiger partial charge in [-0.15, -0.1) is 0 Å². The number of carboxylic acids is 1. The second kappa shape index (κ2) is 7.25. The molecule has 1 heterocycles. The first-order valence-corrected chi connectivity index (χ1v) is 5.72. The van der Waals surface area contributed by atoms with E-state index in [4.69, 9.17) is 16.7 Å².